The number of ether oxygens (including phenoxy) is 2. The number of fused-ring (bicyclic) bond motifs is 1. The second-order valence-corrected chi connectivity index (χ2v) is 9.80. The topological polar surface area (TPSA) is 133 Å². The number of rotatable bonds is 12. The predicted octanol–water partition coefficient (Wildman–Crippen LogP) is 0.824. The number of benzene rings is 1. The molecule has 1 aliphatic carbocycles. The number of hydrogen-bond acceptors (Lipinski definition) is 8. The molecule has 2 N–H and O–H groups in total. The first kappa shape index (κ1) is 25.9. The standard InChI is InChI=1S/C27H32N4O7/c32-11-9-29(10-12-33)25(34)16-30-15-19-3-4-20(13-22(19)26(30)35)31-8-7-23(27(31)36)38-21-5-6-24(28-14-21)37-17-18-1-2-18/h3-6,13-14,18,23,32-33H,1-2,7-12,15-17H2/t23-/m1/s1. The molecule has 1 saturated carbocycles. The fourth-order valence-electron chi connectivity index (χ4n) is 4.70. The van der Waals surface area contributed by atoms with Gasteiger partial charge in [0.25, 0.3) is 11.8 Å². The van der Waals surface area contributed by atoms with Crippen molar-refractivity contribution in [3.05, 3.63) is 47.7 Å². The van der Waals surface area contributed by atoms with Crippen LogP contribution in [-0.4, -0.2) is 94.8 Å². The molecular formula is C27H32N4O7. The second kappa shape index (κ2) is 11.4. The molecule has 5 rings (SSSR count). The van der Waals surface area contributed by atoms with E-state index < -0.39 is 6.10 Å². The first-order chi connectivity index (χ1) is 18.5. The Balaban J connectivity index is 1.19. The molecule has 0 unspecified atom stereocenters. The highest BCUT2D eigenvalue weighted by Gasteiger charge is 2.36. The van der Waals surface area contributed by atoms with Gasteiger partial charge in [-0.05, 0) is 42.5 Å². The van der Waals surface area contributed by atoms with Crippen molar-refractivity contribution in [3.63, 3.8) is 0 Å². The van der Waals surface area contributed by atoms with Crippen LogP contribution in [0.5, 0.6) is 11.6 Å². The lowest BCUT2D eigenvalue weighted by atomic mass is 10.1. The van der Waals surface area contributed by atoms with E-state index in [-0.39, 0.29) is 57.1 Å². The number of aromatic nitrogens is 1. The van der Waals surface area contributed by atoms with E-state index in [1.54, 1.807) is 41.4 Å². The van der Waals surface area contributed by atoms with Gasteiger partial charge in [0.05, 0.1) is 26.0 Å². The summed E-state index contributed by atoms with van der Waals surface area (Å²) in [6.45, 7) is 0.973. The third-order valence-electron chi connectivity index (χ3n) is 7.01. The molecule has 2 aliphatic heterocycles. The Hall–Kier alpha value is -3.70. The van der Waals surface area contributed by atoms with E-state index in [0.29, 0.717) is 48.4 Å². The zero-order valence-electron chi connectivity index (χ0n) is 21.1. The van der Waals surface area contributed by atoms with E-state index in [9.17, 15) is 14.4 Å². The first-order valence-electron chi connectivity index (χ1n) is 13.0. The average Bonchev–Trinajstić information content (AvgIpc) is 3.62. The van der Waals surface area contributed by atoms with Gasteiger partial charge in [0, 0.05) is 49.9 Å². The molecule has 1 aromatic carbocycles. The van der Waals surface area contributed by atoms with Gasteiger partial charge < -0.3 is 34.4 Å². The minimum Gasteiger partial charge on any atom is -0.479 e. The Morgan fingerprint density at radius 3 is 2.55 bits per heavy atom. The van der Waals surface area contributed by atoms with Gasteiger partial charge >= 0.3 is 0 Å². The highest BCUT2D eigenvalue weighted by molar-refractivity contribution is 6.03. The van der Waals surface area contributed by atoms with Gasteiger partial charge in [-0.1, -0.05) is 6.07 Å². The number of carbonyl (C=O) groups excluding carboxylic acids is 3. The molecule has 3 heterocycles. The van der Waals surface area contributed by atoms with Gasteiger partial charge in [-0.25, -0.2) is 4.98 Å². The number of hydrogen-bond donors (Lipinski definition) is 2. The lowest BCUT2D eigenvalue weighted by Crippen LogP contribution is -2.43. The SMILES string of the molecule is O=C(CN1Cc2ccc(N3CC[C@@H](Oc4ccc(OCC5CC5)nc4)C3=O)cc2C1=O)N(CCO)CCO. The first-order valence-corrected chi connectivity index (χ1v) is 13.0. The number of aliphatic hydroxyl groups excluding tert-OH is 2. The van der Waals surface area contributed by atoms with E-state index in [4.69, 9.17) is 19.7 Å². The third-order valence-corrected chi connectivity index (χ3v) is 7.01. The number of pyridine rings is 1. The molecule has 11 heteroatoms. The van der Waals surface area contributed by atoms with Crippen molar-refractivity contribution in [3.8, 4) is 11.6 Å². The number of anilines is 1. The van der Waals surface area contributed by atoms with Crippen LogP contribution in [0.25, 0.3) is 0 Å². The lowest BCUT2D eigenvalue weighted by Gasteiger charge is -2.24. The zero-order chi connectivity index (χ0) is 26.6. The quantitative estimate of drug-likeness (QED) is 0.417. The fourth-order valence-corrected chi connectivity index (χ4v) is 4.70. The molecule has 202 valence electrons. The fraction of sp³-hybridized carbons (Fsp3) is 0.481. The molecule has 3 amide bonds. The molecule has 1 atom stereocenters. The van der Waals surface area contributed by atoms with Crippen LogP contribution >= 0.6 is 0 Å². The maximum absolute atomic E-state index is 13.1. The largest absolute Gasteiger partial charge is 0.479 e. The van der Waals surface area contributed by atoms with Crippen molar-refractivity contribution >= 4 is 23.4 Å². The number of amides is 3. The molecule has 1 saturated heterocycles. The third kappa shape index (κ3) is 5.73. The van der Waals surface area contributed by atoms with Gasteiger partial charge in [0.15, 0.2) is 6.10 Å². The molecule has 11 nitrogen and oxygen atoms in total. The van der Waals surface area contributed by atoms with Crippen LogP contribution in [0.15, 0.2) is 36.5 Å². The summed E-state index contributed by atoms with van der Waals surface area (Å²) >= 11 is 0. The molecule has 0 spiro atoms. The minimum absolute atomic E-state index is 0.0905. The summed E-state index contributed by atoms with van der Waals surface area (Å²) in [5, 5.41) is 18.3. The van der Waals surface area contributed by atoms with Crippen LogP contribution in [0.3, 0.4) is 0 Å². The Kier molecular flexibility index (Phi) is 7.75. The summed E-state index contributed by atoms with van der Waals surface area (Å²) in [7, 11) is 0. The van der Waals surface area contributed by atoms with E-state index in [1.165, 1.54) is 22.6 Å². The summed E-state index contributed by atoms with van der Waals surface area (Å²) in [4.78, 5) is 47.4. The summed E-state index contributed by atoms with van der Waals surface area (Å²) in [6.07, 6.45) is 3.80. The van der Waals surface area contributed by atoms with Crippen LogP contribution in [0, 0.1) is 5.92 Å². The van der Waals surface area contributed by atoms with Gasteiger partial charge in [-0.3, -0.25) is 14.4 Å². The van der Waals surface area contributed by atoms with Crippen LogP contribution in [0.1, 0.15) is 35.2 Å². The van der Waals surface area contributed by atoms with Crippen molar-refractivity contribution in [1.82, 2.24) is 14.8 Å². The summed E-state index contributed by atoms with van der Waals surface area (Å²) in [5.74, 6) is 0.828. The Morgan fingerprint density at radius 1 is 1.08 bits per heavy atom. The molecule has 0 radical (unpaired) electrons. The minimum atomic E-state index is -0.655. The van der Waals surface area contributed by atoms with E-state index in [1.807, 2.05) is 0 Å². The molecule has 38 heavy (non-hydrogen) atoms. The van der Waals surface area contributed by atoms with Crippen LogP contribution in [0.4, 0.5) is 5.69 Å². The summed E-state index contributed by atoms with van der Waals surface area (Å²) in [5.41, 5.74) is 1.83. The lowest BCUT2D eigenvalue weighted by molar-refractivity contribution is -0.133. The molecule has 3 aliphatic rings. The Labute approximate surface area is 220 Å². The normalized spacial score (nSPS) is 18.6. The van der Waals surface area contributed by atoms with Gasteiger partial charge in [-0.15, -0.1) is 0 Å². The molecule has 1 aromatic heterocycles. The zero-order valence-corrected chi connectivity index (χ0v) is 21.1. The number of aliphatic hydroxyl groups is 2. The maximum Gasteiger partial charge on any atom is 0.268 e. The van der Waals surface area contributed by atoms with Gasteiger partial charge in [-0.2, -0.15) is 0 Å². The average molecular weight is 525 g/mol. The second-order valence-electron chi connectivity index (χ2n) is 9.80. The summed E-state index contributed by atoms with van der Waals surface area (Å²) < 4.78 is 11.6. The highest BCUT2D eigenvalue weighted by Crippen LogP contribution is 2.31. The Bertz CT molecular complexity index is 1180. The van der Waals surface area contributed by atoms with Crippen molar-refractivity contribution in [2.45, 2.75) is 31.9 Å². The van der Waals surface area contributed by atoms with E-state index in [0.717, 1.165) is 5.56 Å². The summed E-state index contributed by atoms with van der Waals surface area (Å²) in [6, 6.07) is 8.78. The number of carbonyl (C=O) groups is 3. The monoisotopic (exact) mass is 524 g/mol. The highest BCUT2D eigenvalue weighted by atomic mass is 16.5. The predicted molar refractivity (Wildman–Crippen MR) is 136 cm³/mol. The van der Waals surface area contributed by atoms with Gasteiger partial charge in [0.2, 0.25) is 11.8 Å². The smallest absolute Gasteiger partial charge is 0.268 e. The van der Waals surface area contributed by atoms with E-state index in [2.05, 4.69) is 4.98 Å². The van der Waals surface area contributed by atoms with Crippen molar-refractivity contribution < 1.29 is 34.1 Å². The van der Waals surface area contributed by atoms with Crippen LogP contribution in [-0.2, 0) is 16.1 Å². The van der Waals surface area contributed by atoms with Crippen molar-refractivity contribution in [2.24, 2.45) is 5.92 Å². The maximum atomic E-state index is 13.1. The van der Waals surface area contributed by atoms with Crippen LogP contribution < -0.4 is 14.4 Å². The molecule has 2 fully saturated rings. The molecule has 2 aromatic rings. The van der Waals surface area contributed by atoms with Crippen molar-refractivity contribution in [2.75, 3.05) is 50.9 Å². The molecule has 0 bridgehead atoms. The molecular weight excluding hydrogens is 492 g/mol. The van der Waals surface area contributed by atoms with Crippen molar-refractivity contribution in [1.29, 1.82) is 0 Å². The Morgan fingerprint density at radius 2 is 1.87 bits per heavy atom. The number of nitrogens with zero attached hydrogens (tertiary/aromatic N) is 4. The van der Waals surface area contributed by atoms with Gasteiger partial charge in [0.1, 0.15) is 12.3 Å². The van der Waals surface area contributed by atoms with E-state index >= 15 is 0 Å². The van der Waals surface area contributed by atoms with Crippen LogP contribution in [0.2, 0.25) is 0 Å².